The van der Waals surface area contributed by atoms with Gasteiger partial charge >= 0.3 is 0 Å². The van der Waals surface area contributed by atoms with Gasteiger partial charge in [-0.1, -0.05) is 36.4 Å². The fraction of sp³-hybridized carbons (Fsp3) is 0.150. The number of furan rings is 1. The topological polar surface area (TPSA) is 58.3 Å². The van der Waals surface area contributed by atoms with Gasteiger partial charge in [0.25, 0.3) is 0 Å². The Morgan fingerprint density at radius 1 is 0.958 bits per heavy atom. The molecule has 0 atom stereocenters. The molecule has 0 saturated heterocycles. The van der Waals surface area contributed by atoms with Gasteiger partial charge in [-0.25, -0.2) is 4.98 Å². The number of hydrogen-bond donors (Lipinski definition) is 2. The number of benzene rings is 2. The molecule has 4 heteroatoms. The first-order chi connectivity index (χ1) is 11.8. The van der Waals surface area contributed by atoms with Crippen molar-refractivity contribution in [3.05, 3.63) is 72.0 Å². The van der Waals surface area contributed by atoms with Crippen LogP contribution in [0, 0.1) is 0 Å². The maximum atomic E-state index is 9.59. The Labute approximate surface area is 139 Å². The quantitative estimate of drug-likeness (QED) is 0.581. The molecule has 0 aliphatic heterocycles. The van der Waals surface area contributed by atoms with Gasteiger partial charge in [0.1, 0.15) is 17.2 Å². The summed E-state index contributed by atoms with van der Waals surface area (Å²) in [5.41, 5.74) is 2.63. The van der Waals surface area contributed by atoms with E-state index in [1.165, 1.54) is 0 Å². The SMILES string of the molecule is OCc1cc2ccccc2nc1NCCc1cc2ccccc2o1. The lowest BCUT2D eigenvalue weighted by molar-refractivity contribution is 0.282. The van der Waals surface area contributed by atoms with Crippen molar-refractivity contribution in [2.45, 2.75) is 13.0 Å². The maximum Gasteiger partial charge on any atom is 0.134 e. The van der Waals surface area contributed by atoms with E-state index in [0.29, 0.717) is 6.54 Å². The van der Waals surface area contributed by atoms with Crippen LogP contribution in [-0.4, -0.2) is 16.6 Å². The van der Waals surface area contributed by atoms with Crippen LogP contribution in [0.1, 0.15) is 11.3 Å². The van der Waals surface area contributed by atoms with Gasteiger partial charge in [0, 0.05) is 29.3 Å². The van der Waals surface area contributed by atoms with Gasteiger partial charge in [-0.3, -0.25) is 0 Å². The number of fused-ring (bicyclic) bond motifs is 2. The van der Waals surface area contributed by atoms with Crippen molar-refractivity contribution in [3.8, 4) is 0 Å². The molecule has 2 aromatic heterocycles. The molecule has 2 aromatic carbocycles. The third-order valence-electron chi connectivity index (χ3n) is 4.11. The standard InChI is InChI=1S/C20H18N2O2/c23-13-16-11-14-5-1-3-7-18(14)22-20(16)21-10-9-17-12-15-6-2-4-8-19(15)24-17/h1-8,11-12,23H,9-10,13H2,(H,21,22). The zero-order chi connectivity index (χ0) is 16.4. The zero-order valence-corrected chi connectivity index (χ0v) is 13.2. The molecule has 0 fully saturated rings. The highest BCUT2D eigenvalue weighted by atomic mass is 16.3. The third-order valence-corrected chi connectivity index (χ3v) is 4.11. The van der Waals surface area contributed by atoms with E-state index >= 15 is 0 Å². The summed E-state index contributed by atoms with van der Waals surface area (Å²) in [7, 11) is 0. The van der Waals surface area contributed by atoms with Crippen LogP contribution in [0.2, 0.25) is 0 Å². The van der Waals surface area contributed by atoms with Crippen LogP contribution in [0.5, 0.6) is 0 Å². The van der Waals surface area contributed by atoms with Gasteiger partial charge < -0.3 is 14.8 Å². The van der Waals surface area contributed by atoms with Crippen molar-refractivity contribution >= 4 is 27.7 Å². The van der Waals surface area contributed by atoms with Gasteiger partial charge in [-0.15, -0.1) is 0 Å². The molecule has 0 radical (unpaired) electrons. The molecule has 0 bridgehead atoms. The summed E-state index contributed by atoms with van der Waals surface area (Å²) < 4.78 is 5.82. The molecule has 4 nitrogen and oxygen atoms in total. The minimum absolute atomic E-state index is 0.0369. The summed E-state index contributed by atoms with van der Waals surface area (Å²) in [6.07, 6.45) is 0.758. The van der Waals surface area contributed by atoms with E-state index in [-0.39, 0.29) is 6.61 Å². The highest BCUT2D eigenvalue weighted by Gasteiger charge is 2.07. The van der Waals surface area contributed by atoms with Crippen molar-refractivity contribution in [3.63, 3.8) is 0 Å². The summed E-state index contributed by atoms with van der Waals surface area (Å²) >= 11 is 0. The summed E-state index contributed by atoms with van der Waals surface area (Å²) in [6, 6.07) is 20.0. The predicted molar refractivity (Wildman–Crippen MR) is 96.1 cm³/mol. The van der Waals surface area contributed by atoms with Crippen molar-refractivity contribution < 1.29 is 9.52 Å². The van der Waals surface area contributed by atoms with Crippen LogP contribution in [0.15, 0.2) is 65.1 Å². The monoisotopic (exact) mass is 318 g/mol. The Balaban J connectivity index is 1.51. The minimum atomic E-state index is -0.0369. The molecular weight excluding hydrogens is 300 g/mol. The van der Waals surface area contributed by atoms with E-state index < -0.39 is 0 Å². The molecule has 120 valence electrons. The number of nitrogens with one attached hydrogen (secondary N) is 1. The molecule has 2 heterocycles. The molecule has 0 aliphatic rings. The highest BCUT2D eigenvalue weighted by Crippen LogP contribution is 2.22. The Kier molecular flexibility index (Phi) is 3.89. The summed E-state index contributed by atoms with van der Waals surface area (Å²) in [6.45, 7) is 0.656. The lowest BCUT2D eigenvalue weighted by Gasteiger charge is -2.10. The smallest absolute Gasteiger partial charge is 0.134 e. The maximum absolute atomic E-state index is 9.59. The minimum Gasteiger partial charge on any atom is -0.461 e. The molecule has 0 spiro atoms. The zero-order valence-electron chi connectivity index (χ0n) is 13.2. The van der Waals surface area contributed by atoms with Gasteiger partial charge in [0.05, 0.1) is 12.1 Å². The van der Waals surface area contributed by atoms with Crippen LogP contribution in [-0.2, 0) is 13.0 Å². The molecule has 24 heavy (non-hydrogen) atoms. The largest absolute Gasteiger partial charge is 0.461 e. The summed E-state index contributed by atoms with van der Waals surface area (Å²) in [5.74, 6) is 1.67. The Morgan fingerprint density at radius 3 is 2.58 bits per heavy atom. The number of anilines is 1. The first-order valence-electron chi connectivity index (χ1n) is 8.04. The number of aliphatic hydroxyl groups excluding tert-OH is 1. The number of para-hydroxylation sites is 2. The second-order valence-electron chi connectivity index (χ2n) is 5.77. The second-order valence-corrected chi connectivity index (χ2v) is 5.77. The van der Waals surface area contributed by atoms with Crippen LogP contribution in [0.4, 0.5) is 5.82 Å². The van der Waals surface area contributed by atoms with E-state index in [4.69, 9.17) is 4.42 Å². The van der Waals surface area contributed by atoms with Crippen molar-refractivity contribution in [2.24, 2.45) is 0 Å². The van der Waals surface area contributed by atoms with Gasteiger partial charge in [-0.2, -0.15) is 0 Å². The number of pyridine rings is 1. The highest BCUT2D eigenvalue weighted by molar-refractivity contribution is 5.81. The second kappa shape index (κ2) is 6.34. The Morgan fingerprint density at radius 2 is 1.75 bits per heavy atom. The molecule has 0 amide bonds. The van der Waals surface area contributed by atoms with E-state index in [2.05, 4.69) is 16.4 Å². The lowest BCUT2D eigenvalue weighted by Crippen LogP contribution is -2.08. The predicted octanol–water partition coefficient (Wildman–Crippen LogP) is 4.13. The van der Waals surface area contributed by atoms with Crippen molar-refractivity contribution in [1.82, 2.24) is 4.98 Å². The van der Waals surface area contributed by atoms with Crippen molar-refractivity contribution in [1.29, 1.82) is 0 Å². The molecule has 0 aliphatic carbocycles. The number of rotatable bonds is 5. The summed E-state index contributed by atoms with van der Waals surface area (Å²) in [5, 5.41) is 15.1. The number of hydrogen-bond acceptors (Lipinski definition) is 4. The average Bonchev–Trinajstić information content (AvgIpc) is 3.04. The molecule has 2 N–H and O–H groups in total. The lowest BCUT2D eigenvalue weighted by atomic mass is 10.1. The fourth-order valence-corrected chi connectivity index (χ4v) is 2.90. The number of aromatic nitrogens is 1. The van der Waals surface area contributed by atoms with Crippen LogP contribution < -0.4 is 5.32 Å². The van der Waals surface area contributed by atoms with Crippen LogP contribution in [0.25, 0.3) is 21.9 Å². The first-order valence-corrected chi connectivity index (χ1v) is 8.04. The molecule has 4 aromatic rings. The molecule has 0 unspecified atom stereocenters. The average molecular weight is 318 g/mol. The van der Waals surface area contributed by atoms with Gasteiger partial charge in [0.2, 0.25) is 0 Å². The van der Waals surface area contributed by atoms with Crippen LogP contribution >= 0.6 is 0 Å². The van der Waals surface area contributed by atoms with Gasteiger partial charge in [-0.05, 0) is 24.3 Å². The molecular formula is C20H18N2O2. The van der Waals surface area contributed by atoms with Crippen LogP contribution in [0.3, 0.4) is 0 Å². The number of nitrogens with zero attached hydrogens (tertiary/aromatic N) is 1. The summed E-state index contributed by atoms with van der Waals surface area (Å²) in [4.78, 5) is 4.62. The molecule has 4 rings (SSSR count). The molecule has 0 saturated carbocycles. The first kappa shape index (κ1) is 14.7. The Hall–Kier alpha value is -2.85. The van der Waals surface area contributed by atoms with E-state index in [1.807, 2.05) is 54.6 Å². The normalized spacial score (nSPS) is 11.2. The fourth-order valence-electron chi connectivity index (χ4n) is 2.90. The number of aliphatic hydroxyl groups is 1. The Bertz CT molecular complexity index is 958. The van der Waals surface area contributed by atoms with Gasteiger partial charge in [0.15, 0.2) is 0 Å². The third kappa shape index (κ3) is 2.84. The van der Waals surface area contributed by atoms with E-state index in [9.17, 15) is 5.11 Å². The van der Waals surface area contributed by atoms with Crippen molar-refractivity contribution in [2.75, 3.05) is 11.9 Å². The van der Waals surface area contributed by atoms with E-state index in [0.717, 1.165) is 45.4 Å². The van der Waals surface area contributed by atoms with E-state index in [1.54, 1.807) is 0 Å².